The molecule has 1 aromatic rings. The molecule has 6 nitrogen and oxygen atoms in total. The average Bonchev–Trinajstić information content (AvgIpc) is 2.41. The van der Waals surface area contributed by atoms with Crippen LogP contribution in [0.15, 0.2) is 12.1 Å². The molecule has 0 amide bonds. The van der Waals surface area contributed by atoms with Crippen LogP contribution in [0.1, 0.15) is 32.3 Å². The molecular formula is C14H22N2O4. The van der Waals surface area contributed by atoms with Gasteiger partial charge in [0.25, 0.3) is 5.69 Å². The van der Waals surface area contributed by atoms with Crippen LogP contribution in [0.2, 0.25) is 0 Å². The predicted molar refractivity (Wildman–Crippen MR) is 77.4 cm³/mol. The summed E-state index contributed by atoms with van der Waals surface area (Å²) in [6.45, 7) is 4.42. The first-order chi connectivity index (χ1) is 9.49. The van der Waals surface area contributed by atoms with E-state index in [-0.39, 0.29) is 11.7 Å². The molecule has 0 aromatic heterocycles. The van der Waals surface area contributed by atoms with Crippen molar-refractivity contribution in [2.24, 2.45) is 5.73 Å². The molecule has 0 aliphatic heterocycles. The SMILES string of the molecule is CCCOc1cc(CCC(C)N)c([N+](=O)[O-])cc1OC. The van der Waals surface area contributed by atoms with Crippen LogP contribution in [-0.2, 0) is 6.42 Å². The summed E-state index contributed by atoms with van der Waals surface area (Å²) in [6.07, 6.45) is 2.08. The zero-order chi connectivity index (χ0) is 15.1. The maximum atomic E-state index is 11.1. The maximum absolute atomic E-state index is 11.1. The summed E-state index contributed by atoms with van der Waals surface area (Å²) in [5.74, 6) is 0.925. The Labute approximate surface area is 119 Å². The van der Waals surface area contributed by atoms with Crippen molar-refractivity contribution < 1.29 is 14.4 Å². The van der Waals surface area contributed by atoms with E-state index in [1.54, 1.807) is 6.07 Å². The summed E-state index contributed by atoms with van der Waals surface area (Å²) >= 11 is 0. The lowest BCUT2D eigenvalue weighted by Gasteiger charge is -2.13. The zero-order valence-electron chi connectivity index (χ0n) is 12.2. The minimum Gasteiger partial charge on any atom is -0.493 e. The Morgan fingerprint density at radius 3 is 2.60 bits per heavy atom. The molecule has 1 atom stereocenters. The highest BCUT2D eigenvalue weighted by Crippen LogP contribution is 2.35. The van der Waals surface area contributed by atoms with Gasteiger partial charge >= 0.3 is 0 Å². The van der Waals surface area contributed by atoms with E-state index in [9.17, 15) is 10.1 Å². The maximum Gasteiger partial charge on any atom is 0.276 e. The number of benzene rings is 1. The number of methoxy groups -OCH3 is 1. The van der Waals surface area contributed by atoms with Crippen LogP contribution < -0.4 is 15.2 Å². The molecule has 1 unspecified atom stereocenters. The van der Waals surface area contributed by atoms with E-state index in [4.69, 9.17) is 15.2 Å². The third-order valence-electron chi connectivity index (χ3n) is 2.89. The van der Waals surface area contributed by atoms with Gasteiger partial charge in [-0.15, -0.1) is 0 Å². The monoisotopic (exact) mass is 282 g/mol. The van der Waals surface area contributed by atoms with Gasteiger partial charge in [-0.25, -0.2) is 0 Å². The molecule has 0 aliphatic rings. The fourth-order valence-corrected chi connectivity index (χ4v) is 1.83. The number of hydrogen-bond donors (Lipinski definition) is 1. The van der Waals surface area contributed by atoms with E-state index in [1.807, 2.05) is 13.8 Å². The quantitative estimate of drug-likeness (QED) is 0.585. The van der Waals surface area contributed by atoms with E-state index in [2.05, 4.69) is 0 Å². The summed E-state index contributed by atoms with van der Waals surface area (Å²) in [4.78, 5) is 10.7. The van der Waals surface area contributed by atoms with Crippen molar-refractivity contribution >= 4 is 5.69 Å². The summed E-state index contributed by atoms with van der Waals surface area (Å²) in [5.41, 5.74) is 6.39. The first kappa shape index (κ1) is 16.2. The van der Waals surface area contributed by atoms with Crippen molar-refractivity contribution in [2.45, 2.75) is 39.2 Å². The lowest BCUT2D eigenvalue weighted by atomic mass is 10.0. The molecule has 0 heterocycles. The molecule has 0 aliphatic carbocycles. The van der Waals surface area contributed by atoms with E-state index >= 15 is 0 Å². The predicted octanol–water partition coefficient (Wildman–Crippen LogP) is 2.67. The number of ether oxygens (including phenoxy) is 2. The molecule has 0 saturated heterocycles. The number of nitrogens with two attached hydrogens (primary N) is 1. The van der Waals surface area contributed by atoms with Crippen LogP contribution in [0, 0.1) is 10.1 Å². The Morgan fingerprint density at radius 2 is 2.10 bits per heavy atom. The van der Waals surface area contributed by atoms with Crippen molar-refractivity contribution in [1.29, 1.82) is 0 Å². The van der Waals surface area contributed by atoms with Crippen molar-refractivity contribution in [3.8, 4) is 11.5 Å². The highest BCUT2D eigenvalue weighted by Gasteiger charge is 2.19. The summed E-state index contributed by atoms with van der Waals surface area (Å²) < 4.78 is 10.7. The Hall–Kier alpha value is -1.82. The molecule has 1 rings (SSSR count). The molecule has 0 bridgehead atoms. The summed E-state index contributed by atoms with van der Waals surface area (Å²) in [6, 6.07) is 3.10. The lowest BCUT2D eigenvalue weighted by molar-refractivity contribution is -0.385. The van der Waals surface area contributed by atoms with Crippen molar-refractivity contribution in [3.63, 3.8) is 0 Å². The van der Waals surface area contributed by atoms with Gasteiger partial charge in [0.15, 0.2) is 11.5 Å². The Morgan fingerprint density at radius 1 is 1.40 bits per heavy atom. The Kier molecular flexibility index (Phi) is 6.24. The summed E-state index contributed by atoms with van der Waals surface area (Å²) in [5, 5.41) is 11.1. The minimum atomic E-state index is -0.400. The van der Waals surface area contributed by atoms with Crippen LogP contribution in [0.4, 0.5) is 5.69 Å². The van der Waals surface area contributed by atoms with E-state index in [1.165, 1.54) is 13.2 Å². The van der Waals surface area contributed by atoms with Gasteiger partial charge in [0, 0.05) is 11.6 Å². The fourth-order valence-electron chi connectivity index (χ4n) is 1.83. The molecule has 6 heteroatoms. The van der Waals surface area contributed by atoms with Crippen LogP contribution in [-0.4, -0.2) is 24.7 Å². The highest BCUT2D eigenvalue weighted by molar-refractivity contribution is 5.54. The molecule has 1 aromatic carbocycles. The van der Waals surface area contributed by atoms with E-state index < -0.39 is 4.92 Å². The smallest absolute Gasteiger partial charge is 0.276 e. The van der Waals surface area contributed by atoms with E-state index in [0.717, 1.165) is 6.42 Å². The molecule has 20 heavy (non-hydrogen) atoms. The van der Waals surface area contributed by atoms with Crippen molar-refractivity contribution in [1.82, 2.24) is 0 Å². The standard InChI is InChI=1S/C14H22N2O4/c1-4-7-20-14-8-11(6-5-10(2)15)12(16(17)18)9-13(14)19-3/h8-10H,4-7,15H2,1-3H3. The van der Waals surface area contributed by atoms with E-state index in [0.29, 0.717) is 36.5 Å². The molecular weight excluding hydrogens is 260 g/mol. The van der Waals surface area contributed by atoms with Crippen LogP contribution >= 0.6 is 0 Å². The topological polar surface area (TPSA) is 87.6 Å². The summed E-state index contributed by atoms with van der Waals surface area (Å²) in [7, 11) is 1.47. The van der Waals surface area contributed by atoms with Gasteiger partial charge in [0.2, 0.25) is 0 Å². The Balaban J connectivity index is 3.12. The third-order valence-corrected chi connectivity index (χ3v) is 2.89. The first-order valence-corrected chi connectivity index (χ1v) is 6.73. The second-order valence-corrected chi connectivity index (χ2v) is 4.75. The molecule has 0 spiro atoms. The normalized spacial score (nSPS) is 12.0. The van der Waals surface area contributed by atoms with Crippen LogP contribution in [0.5, 0.6) is 11.5 Å². The van der Waals surface area contributed by atoms with Gasteiger partial charge in [-0.3, -0.25) is 10.1 Å². The number of nitro benzene ring substituents is 1. The van der Waals surface area contributed by atoms with Gasteiger partial charge in [0.05, 0.1) is 24.7 Å². The van der Waals surface area contributed by atoms with Crippen molar-refractivity contribution in [2.75, 3.05) is 13.7 Å². The third kappa shape index (κ3) is 4.38. The van der Waals surface area contributed by atoms with Gasteiger partial charge in [-0.2, -0.15) is 0 Å². The second kappa shape index (κ2) is 7.69. The molecule has 2 N–H and O–H groups in total. The molecule has 112 valence electrons. The zero-order valence-corrected chi connectivity index (χ0v) is 12.2. The molecule has 0 saturated carbocycles. The van der Waals surface area contributed by atoms with Gasteiger partial charge in [-0.05, 0) is 32.3 Å². The number of rotatable bonds is 8. The minimum absolute atomic E-state index is 0.00304. The number of nitrogens with zero attached hydrogens (tertiary/aromatic N) is 1. The van der Waals surface area contributed by atoms with Gasteiger partial charge < -0.3 is 15.2 Å². The number of nitro groups is 1. The van der Waals surface area contributed by atoms with Gasteiger partial charge in [0.1, 0.15) is 0 Å². The number of aryl methyl sites for hydroxylation is 1. The lowest BCUT2D eigenvalue weighted by Crippen LogP contribution is -2.15. The first-order valence-electron chi connectivity index (χ1n) is 6.73. The van der Waals surface area contributed by atoms with Crippen molar-refractivity contribution in [3.05, 3.63) is 27.8 Å². The molecule has 0 fully saturated rings. The highest BCUT2D eigenvalue weighted by atomic mass is 16.6. The van der Waals surface area contributed by atoms with Crippen LogP contribution in [0.25, 0.3) is 0 Å². The largest absolute Gasteiger partial charge is 0.493 e. The fraction of sp³-hybridized carbons (Fsp3) is 0.571. The number of hydrogen-bond acceptors (Lipinski definition) is 5. The second-order valence-electron chi connectivity index (χ2n) is 4.75. The molecule has 0 radical (unpaired) electrons. The average molecular weight is 282 g/mol. The van der Waals surface area contributed by atoms with Gasteiger partial charge in [-0.1, -0.05) is 6.92 Å². The Bertz CT molecular complexity index is 461. The van der Waals surface area contributed by atoms with Crippen LogP contribution in [0.3, 0.4) is 0 Å².